The molecule has 2 heterocycles. The molecule has 0 saturated carbocycles. The second-order valence-electron chi connectivity index (χ2n) is 4.98. The minimum absolute atomic E-state index is 0.572. The van der Waals surface area contributed by atoms with E-state index < -0.39 is 0 Å². The smallest absolute Gasteiger partial charge is 0.171 e. The summed E-state index contributed by atoms with van der Waals surface area (Å²) >= 11 is 6.86. The van der Waals surface area contributed by atoms with Crippen molar-refractivity contribution in [3.63, 3.8) is 0 Å². The summed E-state index contributed by atoms with van der Waals surface area (Å²) in [6, 6.07) is 12.0. The Labute approximate surface area is 150 Å². The van der Waals surface area contributed by atoms with Crippen molar-refractivity contribution >= 4 is 34.4 Å². The Morgan fingerprint density at radius 2 is 2.04 bits per heavy atom. The minimum Gasteiger partial charge on any atom is -0.359 e. The lowest BCUT2D eigenvalue weighted by Crippen LogP contribution is -2.28. The number of nitrogens with one attached hydrogen (secondary N) is 2. The summed E-state index contributed by atoms with van der Waals surface area (Å²) in [5, 5.41) is 9.82. The molecule has 1 aromatic carbocycles. The monoisotopic (exact) mass is 352 g/mol. The predicted octanol–water partition coefficient (Wildman–Crippen LogP) is 4.34. The maximum absolute atomic E-state index is 5.24. The van der Waals surface area contributed by atoms with Crippen LogP contribution in [0.15, 0.2) is 66.8 Å². The van der Waals surface area contributed by atoms with E-state index in [9.17, 15) is 0 Å². The van der Waals surface area contributed by atoms with Crippen LogP contribution >= 0.6 is 23.6 Å². The molecule has 0 spiro atoms. The number of aromatic nitrogens is 2. The highest BCUT2D eigenvalue weighted by atomic mass is 32.1. The van der Waals surface area contributed by atoms with Gasteiger partial charge in [0.1, 0.15) is 5.01 Å². The maximum atomic E-state index is 5.24. The number of thiazole rings is 1. The molecule has 0 amide bonds. The average Bonchev–Trinajstić information content (AvgIpc) is 3.11. The minimum atomic E-state index is 0.572. The van der Waals surface area contributed by atoms with E-state index in [1.165, 1.54) is 0 Å². The molecule has 2 N–H and O–H groups in total. The molecule has 0 fully saturated rings. The Morgan fingerprint density at radius 3 is 2.83 bits per heavy atom. The lowest BCUT2D eigenvalue weighted by atomic mass is 10.1. The molecule has 0 atom stereocenters. The van der Waals surface area contributed by atoms with Crippen LogP contribution in [-0.4, -0.2) is 21.6 Å². The van der Waals surface area contributed by atoms with Gasteiger partial charge < -0.3 is 10.6 Å². The Hall–Kier alpha value is -2.57. The third-order valence-corrected chi connectivity index (χ3v) is 4.39. The first kappa shape index (κ1) is 16.3. The number of pyridine rings is 1. The van der Waals surface area contributed by atoms with Gasteiger partial charge in [-0.3, -0.25) is 4.98 Å². The van der Waals surface area contributed by atoms with E-state index in [0.29, 0.717) is 11.7 Å². The molecule has 24 heavy (non-hydrogen) atoms. The molecule has 4 nitrogen and oxygen atoms in total. The molecule has 3 rings (SSSR count). The Morgan fingerprint density at radius 1 is 1.21 bits per heavy atom. The normalized spacial score (nSPS) is 10.2. The van der Waals surface area contributed by atoms with Crippen molar-refractivity contribution in [1.82, 2.24) is 15.3 Å². The van der Waals surface area contributed by atoms with E-state index in [1.54, 1.807) is 29.8 Å². The molecule has 0 aliphatic rings. The zero-order chi connectivity index (χ0) is 16.8. The van der Waals surface area contributed by atoms with Crippen LogP contribution in [0, 0.1) is 0 Å². The van der Waals surface area contributed by atoms with Crippen LogP contribution in [0.1, 0.15) is 0 Å². The summed E-state index contributed by atoms with van der Waals surface area (Å²) in [6.07, 6.45) is 5.32. The molecule has 0 aliphatic heterocycles. The Bertz CT molecular complexity index is 843. The first-order valence-electron chi connectivity index (χ1n) is 7.38. The highest BCUT2D eigenvalue weighted by Crippen LogP contribution is 2.29. The van der Waals surface area contributed by atoms with Crippen molar-refractivity contribution in [1.29, 1.82) is 0 Å². The van der Waals surface area contributed by atoms with Gasteiger partial charge in [0.2, 0.25) is 0 Å². The van der Waals surface area contributed by atoms with Gasteiger partial charge in [-0.1, -0.05) is 18.2 Å². The highest BCUT2D eigenvalue weighted by Gasteiger charge is 2.07. The van der Waals surface area contributed by atoms with E-state index in [0.717, 1.165) is 27.5 Å². The van der Waals surface area contributed by atoms with Gasteiger partial charge in [-0.25, -0.2) is 4.98 Å². The maximum Gasteiger partial charge on any atom is 0.171 e. The molecular weight excluding hydrogens is 336 g/mol. The summed E-state index contributed by atoms with van der Waals surface area (Å²) < 4.78 is 0. The van der Waals surface area contributed by atoms with Gasteiger partial charge in [0.15, 0.2) is 5.11 Å². The number of hydrogen-bond donors (Lipinski definition) is 2. The van der Waals surface area contributed by atoms with Gasteiger partial charge in [-0.15, -0.1) is 17.9 Å². The zero-order valence-corrected chi connectivity index (χ0v) is 14.5. The molecule has 0 saturated heterocycles. The fourth-order valence-corrected chi connectivity index (χ4v) is 3.17. The van der Waals surface area contributed by atoms with Crippen LogP contribution in [0.25, 0.3) is 21.8 Å². The van der Waals surface area contributed by atoms with Crippen LogP contribution in [-0.2, 0) is 0 Å². The lowest BCUT2D eigenvalue weighted by Gasteiger charge is -2.09. The molecule has 2 aromatic heterocycles. The number of thiocarbonyl (C=S) groups is 1. The van der Waals surface area contributed by atoms with Crippen molar-refractivity contribution in [2.75, 3.05) is 11.9 Å². The Balaban J connectivity index is 1.78. The molecule has 3 aromatic rings. The zero-order valence-electron chi connectivity index (χ0n) is 12.9. The summed E-state index contributed by atoms with van der Waals surface area (Å²) in [5.74, 6) is 0. The first-order valence-corrected chi connectivity index (χ1v) is 8.67. The summed E-state index contributed by atoms with van der Waals surface area (Å²) in [7, 11) is 0. The number of hydrogen-bond acceptors (Lipinski definition) is 4. The SMILES string of the molecule is C=CCNC(=S)Nc1cccc(-c2csc(-c3ccncc3)n2)c1. The largest absolute Gasteiger partial charge is 0.359 e. The van der Waals surface area contributed by atoms with Crippen molar-refractivity contribution in [3.05, 3.63) is 66.8 Å². The third kappa shape index (κ3) is 4.04. The highest BCUT2D eigenvalue weighted by molar-refractivity contribution is 7.80. The van der Waals surface area contributed by atoms with Crippen molar-refractivity contribution in [2.45, 2.75) is 0 Å². The molecule has 0 aliphatic carbocycles. The third-order valence-electron chi connectivity index (χ3n) is 3.25. The van der Waals surface area contributed by atoms with E-state index in [4.69, 9.17) is 17.2 Å². The fraction of sp³-hybridized carbons (Fsp3) is 0.0556. The van der Waals surface area contributed by atoms with Gasteiger partial charge in [0.05, 0.1) is 5.69 Å². The van der Waals surface area contributed by atoms with E-state index in [-0.39, 0.29) is 0 Å². The second kappa shape index (κ2) is 7.81. The molecule has 0 radical (unpaired) electrons. The van der Waals surface area contributed by atoms with Crippen molar-refractivity contribution in [2.24, 2.45) is 0 Å². The number of benzene rings is 1. The van der Waals surface area contributed by atoms with Gasteiger partial charge >= 0.3 is 0 Å². The van der Waals surface area contributed by atoms with Gasteiger partial charge in [-0.2, -0.15) is 0 Å². The van der Waals surface area contributed by atoms with E-state index in [2.05, 4.69) is 27.6 Å². The van der Waals surface area contributed by atoms with E-state index >= 15 is 0 Å². The molecular formula is C18H16N4S2. The van der Waals surface area contributed by atoms with Crippen molar-refractivity contribution in [3.8, 4) is 21.8 Å². The predicted molar refractivity (Wildman–Crippen MR) is 105 cm³/mol. The van der Waals surface area contributed by atoms with Crippen LogP contribution < -0.4 is 10.6 Å². The van der Waals surface area contributed by atoms with Gasteiger partial charge in [-0.05, 0) is 36.5 Å². The first-order chi connectivity index (χ1) is 11.8. The summed E-state index contributed by atoms with van der Waals surface area (Å²) in [4.78, 5) is 8.76. The van der Waals surface area contributed by atoms with Crippen LogP contribution in [0.4, 0.5) is 5.69 Å². The number of rotatable bonds is 5. The van der Waals surface area contributed by atoms with Crippen molar-refractivity contribution < 1.29 is 0 Å². The topological polar surface area (TPSA) is 49.8 Å². The Kier molecular flexibility index (Phi) is 5.30. The number of nitrogens with zero attached hydrogens (tertiary/aromatic N) is 2. The van der Waals surface area contributed by atoms with Crippen LogP contribution in [0.2, 0.25) is 0 Å². The fourth-order valence-electron chi connectivity index (χ4n) is 2.13. The summed E-state index contributed by atoms with van der Waals surface area (Å²) in [6.45, 7) is 4.29. The molecule has 0 unspecified atom stereocenters. The number of anilines is 1. The standard InChI is InChI=1S/C18H16N4S2/c1-2-8-20-18(23)21-15-5-3-4-14(11-15)16-12-24-17(22-16)13-6-9-19-10-7-13/h2-7,9-12H,1,8H2,(H2,20,21,23). The van der Waals surface area contributed by atoms with Crippen LogP contribution in [0.5, 0.6) is 0 Å². The average molecular weight is 352 g/mol. The van der Waals surface area contributed by atoms with Crippen LogP contribution in [0.3, 0.4) is 0 Å². The van der Waals surface area contributed by atoms with E-state index in [1.807, 2.05) is 36.4 Å². The van der Waals surface area contributed by atoms with Gasteiger partial charge in [0, 0.05) is 41.1 Å². The second-order valence-corrected chi connectivity index (χ2v) is 6.24. The molecule has 6 heteroatoms. The lowest BCUT2D eigenvalue weighted by molar-refractivity contribution is 1.06. The molecule has 120 valence electrons. The quantitative estimate of drug-likeness (QED) is 0.528. The molecule has 0 bridgehead atoms. The summed E-state index contributed by atoms with van der Waals surface area (Å²) in [5.41, 5.74) is 3.99. The van der Waals surface area contributed by atoms with Gasteiger partial charge in [0.25, 0.3) is 0 Å².